The lowest BCUT2D eigenvalue weighted by atomic mass is 9.97. The number of thiol groups is 1. The molecule has 0 saturated heterocycles. The second-order valence-electron chi connectivity index (χ2n) is 5.73. The van der Waals surface area contributed by atoms with Crippen molar-refractivity contribution in [1.29, 1.82) is 0 Å². The minimum atomic E-state index is -0.887. The van der Waals surface area contributed by atoms with Crippen molar-refractivity contribution in [2.24, 2.45) is 5.92 Å². The maximum absolute atomic E-state index is 10.9. The number of hydrogen-bond donors (Lipinski definition) is 2. The largest absolute Gasteiger partial charge is 0.384 e. The zero-order valence-corrected chi connectivity index (χ0v) is 13.6. The fourth-order valence-electron chi connectivity index (χ4n) is 2.36. The number of unbranched alkanes of at least 4 members (excludes halogenated alkanes) is 9. The molecule has 3 heteroatoms. The van der Waals surface area contributed by atoms with Crippen LogP contribution in [0.25, 0.3) is 0 Å². The van der Waals surface area contributed by atoms with Gasteiger partial charge in [0.1, 0.15) is 6.10 Å². The van der Waals surface area contributed by atoms with Gasteiger partial charge in [0, 0.05) is 0 Å². The summed E-state index contributed by atoms with van der Waals surface area (Å²) in [6, 6.07) is 0. The highest BCUT2D eigenvalue weighted by molar-refractivity contribution is 7.96. The molecule has 0 aliphatic heterocycles. The molecule has 0 aromatic rings. The standard InChI is InChI=1S/C16H32O2S/c1-3-4-5-6-7-8-9-10-11-12-13-14(2)15(17)16(18)19/h14-15,17H,3-13H2,1-2H3,(H,18,19). The van der Waals surface area contributed by atoms with E-state index in [0.29, 0.717) is 0 Å². The Balaban J connectivity index is 3.25. The normalized spacial score (nSPS) is 14.3. The van der Waals surface area contributed by atoms with Gasteiger partial charge >= 0.3 is 0 Å². The molecule has 0 aliphatic carbocycles. The molecule has 1 N–H and O–H groups in total. The quantitative estimate of drug-likeness (QED) is 0.379. The number of carbonyl (C=O) groups is 1. The molecular formula is C16H32O2S. The van der Waals surface area contributed by atoms with Crippen LogP contribution < -0.4 is 0 Å². The van der Waals surface area contributed by atoms with Crippen LogP contribution in [0.1, 0.15) is 84.5 Å². The number of aliphatic hydroxyl groups is 1. The smallest absolute Gasteiger partial charge is 0.214 e. The number of rotatable bonds is 13. The minimum Gasteiger partial charge on any atom is -0.384 e. The Morgan fingerprint density at radius 3 is 1.79 bits per heavy atom. The Labute approximate surface area is 124 Å². The average Bonchev–Trinajstić information content (AvgIpc) is 2.39. The van der Waals surface area contributed by atoms with E-state index in [2.05, 4.69) is 19.6 Å². The Hall–Kier alpha value is -0.0200. The molecule has 0 heterocycles. The van der Waals surface area contributed by atoms with Crippen molar-refractivity contribution in [1.82, 2.24) is 0 Å². The molecule has 0 aromatic heterocycles. The van der Waals surface area contributed by atoms with Crippen LogP contribution in [-0.4, -0.2) is 16.3 Å². The van der Waals surface area contributed by atoms with Gasteiger partial charge in [-0.15, -0.1) is 12.6 Å². The molecule has 2 nitrogen and oxygen atoms in total. The van der Waals surface area contributed by atoms with E-state index in [9.17, 15) is 9.90 Å². The lowest BCUT2D eigenvalue weighted by Crippen LogP contribution is -2.23. The van der Waals surface area contributed by atoms with Gasteiger partial charge in [-0.25, -0.2) is 0 Å². The van der Waals surface area contributed by atoms with Crippen LogP contribution in [0, 0.1) is 5.92 Å². The van der Waals surface area contributed by atoms with Gasteiger partial charge in [0.15, 0.2) is 0 Å². The molecule has 2 unspecified atom stereocenters. The van der Waals surface area contributed by atoms with Gasteiger partial charge in [-0.05, 0) is 12.3 Å². The Morgan fingerprint density at radius 2 is 1.37 bits per heavy atom. The highest BCUT2D eigenvalue weighted by Gasteiger charge is 2.18. The van der Waals surface area contributed by atoms with Crippen molar-refractivity contribution < 1.29 is 9.90 Å². The molecule has 0 saturated carbocycles. The molecule has 0 spiro atoms. The molecule has 0 radical (unpaired) electrons. The van der Waals surface area contributed by atoms with Gasteiger partial charge < -0.3 is 5.11 Å². The molecular weight excluding hydrogens is 256 g/mol. The number of carbonyl (C=O) groups excluding carboxylic acids is 1. The van der Waals surface area contributed by atoms with Crippen molar-refractivity contribution in [3.8, 4) is 0 Å². The molecule has 0 bridgehead atoms. The van der Waals surface area contributed by atoms with E-state index >= 15 is 0 Å². The first-order valence-corrected chi connectivity index (χ1v) is 8.45. The third-order valence-electron chi connectivity index (χ3n) is 3.81. The van der Waals surface area contributed by atoms with Gasteiger partial charge in [0.05, 0.1) is 0 Å². The second-order valence-corrected chi connectivity index (χ2v) is 6.17. The average molecular weight is 288 g/mol. The fraction of sp³-hybridized carbons (Fsp3) is 0.938. The van der Waals surface area contributed by atoms with Crippen LogP contribution in [0.3, 0.4) is 0 Å². The summed E-state index contributed by atoms with van der Waals surface area (Å²) in [6.45, 7) is 4.17. The summed E-state index contributed by atoms with van der Waals surface area (Å²) in [7, 11) is 0. The lowest BCUT2D eigenvalue weighted by molar-refractivity contribution is -0.120. The molecule has 19 heavy (non-hydrogen) atoms. The van der Waals surface area contributed by atoms with Crippen molar-refractivity contribution in [3.63, 3.8) is 0 Å². The van der Waals surface area contributed by atoms with E-state index in [1.807, 2.05) is 6.92 Å². The third kappa shape index (κ3) is 11.5. The van der Waals surface area contributed by atoms with Crippen LogP contribution in [0.5, 0.6) is 0 Å². The maximum Gasteiger partial charge on any atom is 0.214 e. The molecule has 114 valence electrons. The monoisotopic (exact) mass is 288 g/mol. The molecule has 0 aliphatic rings. The Bertz CT molecular complexity index is 219. The van der Waals surface area contributed by atoms with Gasteiger partial charge in [0.25, 0.3) is 0 Å². The second kappa shape index (κ2) is 13.0. The summed E-state index contributed by atoms with van der Waals surface area (Å²) in [6.07, 6.45) is 13.2. The Morgan fingerprint density at radius 1 is 0.947 bits per heavy atom. The van der Waals surface area contributed by atoms with Crippen LogP contribution in [0.2, 0.25) is 0 Å². The molecule has 2 atom stereocenters. The topological polar surface area (TPSA) is 37.3 Å². The van der Waals surface area contributed by atoms with Gasteiger partial charge in [-0.2, -0.15) is 0 Å². The van der Waals surface area contributed by atoms with E-state index in [1.165, 1.54) is 57.8 Å². The summed E-state index contributed by atoms with van der Waals surface area (Å²) >= 11 is 3.67. The highest BCUT2D eigenvalue weighted by atomic mass is 32.1. The van der Waals surface area contributed by atoms with E-state index in [-0.39, 0.29) is 5.92 Å². The van der Waals surface area contributed by atoms with Crippen LogP contribution in [0.4, 0.5) is 0 Å². The first kappa shape index (κ1) is 19.0. The minimum absolute atomic E-state index is 0.0408. The third-order valence-corrected chi connectivity index (χ3v) is 4.07. The highest BCUT2D eigenvalue weighted by Crippen LogP contribution is 2.17. The van der Waals surface area contributed by atoms with Crippen molar-refractivity contribution >= 4 is 17.7 Å². The summed E-state index contributed by atoms with van der Waals surface area (Å²) in [5.74, 6) is 0.0408. The molecule has 0 rings (SSSR count). The van der Waals surface area contributed by atoms with Gasteiger partial charge in [-0.3, -0.25) is 4.79 Å². The summed E-state index contributed by atoms with van der Waals surface area (Å²) in [5.41, 5.74) is 0. The predicted octanol–water partition coefficient (Wildman–Crippen LogP) is 4.75. The van der Waals surface area contributed by atoms with Crippen molar-refractivity contribution in [2.75, 3.05) is 0 Å². The Kier molecular flexibility index (Phi) is 13.0. The molecule has 0 aromatic carbocycles. The maximum atomic E-state index is 10.9. The van der Waals surface area contributed by atoms with E-state index < -0.39 is 11.2 Å². The SMILES string of the molecule is CCCCCCCCCCCCC(C)C(O)C(=O)S. The summed E-state index contributed by atoms with van der Waals surface area (Å²) < 4.78 is 0. The van der Waals surface area contributed by atoms with Crippen molar-refractivity contribution in [2.45, 2.75) is 90.6 Å². The summed E-state index contributed by atoms with van der Waals surface area (Å²) in [4.78, 5) is 10.9. The number of aliphatic hydroxyl groups excluding tert-OH is 1. The molecule has 0 amide bonds. The van der Waals surface area contributed by atoms with Crippen molar-refractivity contribution in [3.05, 3.63) is 0 Å². The van der Waals surface area contributed by atoms with E-state index in [4.69, 9.17) is 0 Å². The summed E-state index contributed by atoms with van der Waals surface area (Å²) in [5, 5.41) is 9.11. The van der Waals surface area contributed by atoms with E-state index in [1.54, 1.807) is 0 Å². The first-order chi connectivity index (χ1) is 9.09. The van der Waals surface area contributed by atoms with Gasteiger partial charge in [0.2, 0.25) is 5.12 Å². The predicted molar refractivity (Wildman–Crippen MR) is 85.6 cm³/mol. The van der Waals surface area contributed by atoms with Crippen LogP contribution >= 0.6 is 12.6 Å². The van der Waals surface area contributed by atoms with Crippen LogP contribution in [0.15, 0.2) is 0 Å². The fourth-order valence-corrected chi connectivity index (χ4v) is 2.61. The van der Waals surface area contributed by atoms with Crippen LogP contribution in [-0.2, 0) is 4.79 Å². The molecule has 0 fully saturated rings. The zero-order valence-electron chi connectivity index (χ0n) is 12.7. The zero-order chi connectivity index (χ0) is 14.5. The number of hydrogen-bond acceptors (Lipinski definition) is 2. The first-order valence-electron chi connectivity index (χ1n) is 8.00. The van der Waals surface area contributed by atoms with E-state index in [0.717, 1.165) is 12.8 Å². The lowest BCUT2D eigenvalue weighted by Gasteiger charge is -2.15. The van der Waals surface area contributed by atoms with Gasteiger partial charge in [-0.1, -0.05) is 78.1 Å².